The molecule has 1 aromatic heterocycles. The summed E-state index contributed by atoms with van der Waals surface area (Å²) in [4.78, 5) is 0. The number of halogens is 1. The molecule has 3 aromatic rings. The van der Waals surface area contributed by atoms with E-state index in [0.717, 1.165) is 0 Å². The van der Waals surface area contributed by atoms with Crippen molar-refractivity contribution in [3.8, 4) is 0 Å². The highest BCUT2D eigenvalue weighted by atomic mass is 127. The van der Waals surface area contributed by atoms with Crippen LogP contribution in [-0.4, -0.2) is 2.78 Å². The number of hydrogen-bond donors (Lipinski definition) is 0. The van der Waals surface area contributed by atoms with Crippen LogP contribution in [-0.2, 0) is 5.41 Å². The van der Waals surface area contributed by atoms with Gasteiger partial charge in [0.15, 0.2) is 0 Å². The third-order valence-corrected chi connectivity index (χ3v) is 4.77. The molecule has 0 atom stereocenters. The van der Waals surface area contributed by atoms with Gasteiger partial charge in [-0.05, 0) is 41.7 Å². The Morgan fingerprint density at radius 3 is 2.32 bits per heavy atom. The molecule has 0 unspecified atom stereocenters. The Kier molecular flexibility index (Phi) is 2.89. The van der Waals surface area contributed by atoms with Crippen molar-refractivity contribution in [3.63, 3.8) is 0 Å². The average molecular weight is 363 g/mol. The smallest absolute Gasteiger partial charge is 0.0646 e. The van der Waals surface area contributed by atoms with Gasteiger partial charge >= 0.3 is 0 Å². The number of aryl methyl sites for hydroxylation is 1. The number of nitrogens with zero attached hydrogens (tertiary/aromatic N) is 1. The molecular weight excluding hydrogens is 345 g/mol. The van der Waals surface area contributed by atoms with Crippen molar-refractivity contribution >= 4 is 44.7 Å². The Morgan fingerprint density at radius 2 is 1.63 bits per heavy atom. The van der Waals surface area contributed by atoms with Gasteiger partial charge in [-0.25, -0.2) is 0 Å². The van der Waals surface area contributed by atoms with Crippen LogP contribution in [0, 0.1) is 6.92 Å². The first-order chi connectivity index (χ1) is 8.88. The molecule has 0 fully saturated rings. The fraction of sp³-hybridized carbons (Fsp3) is 0.294. The molecule has 0 bridgehead atoms. The average Bonchev–Trinajstić information content (AvgIpc) is 2.61. The van der Waals surface area contributed by atoms with Gasteiger partial charge in [0.25, 0.3) is 0 Å². The molecule has 19 heavy (non-hydrogen) atoms. The lowest BCUT2D eigenvalue weighted by Gasteiger charge is -2.19. The number of fused-ring (bicyclic) bond motifs is 3. The van der Waals surface area contributed by atoms with E-state index in [2.05, 4.69) is 89.7 Å². The summed E-state index contributed by atoms with van der Waals surface area (Å²) < 4.78 is 2.27. The molecule has 0 saturated heterocycles. The lowest BCUT2D eigenvalue weighted by atomic mass is 9.86. The van der Waals surface area contributed by atoms with E-state index in [1.165, 1.54) is 32.9 Å². The first-order valence-electron chi connectivity index (χ1n) is 6.59. The summed E-state index contributed by atoms with van der Waals surface area (Å²) in [5, 5.41) is 2.71. The Bertz CT molecular complexity index is 775. The topological polar surface area (TPSA) is 4.93 Å². The Morgan fingerprint density at radius 1 is 0.895 bits per heavy atom. The van der Waals surface area contributed by atoms with Crippen molar-refractivity contribution in [1.29, 1.82) is 0 Å². The molecule has 1 nitrogen and oxygen atoms in total. The second-order valence-corrected chi connectivity index (χ2v) is 7.25. The van der Waals surface area contributed by atoms with Gasteiger partial charge in [0.05, 0.1) is 33.9 Å². The summed E-state index contributed by atoms with van der Waals surface area (Å²) >= 11 is 2.40. The second kappa shape index (κ2) is 4.23. The van der Waals surface area contributed by atoms with Crippen LogP contribution in [0.3, 0.4) is 0 Å². The molecule has 98 valence electrons. The SMILES string of the molecule is Cc1ccc2c3cc(C(C)(C)C)ccc3n(I)c2c1. The lowest BCUT2D eigenvalue weighted by molar-refractivity contribution is 0.591. The maximum Gasteiger partial charge on any atom is 0.0646 e. The van der Waals surface area contributed by atoms with Crippen LogP contribution < -0.4 is 0 Å². The van der Waals surface area contributed by atoms with Crippen LogP contribution in [0.4, 0.5) is 0 Å². The summed E-state index contributed by atoms with van der Waals surface area (Å²) in [5.41, 5.74) is 5.50. The third kappa shape index (κ3) is 2.06. The minimum absolute atomic E-state index is 0.193. The minimum atomic E-state index is 0.193. The summed E-state index contributed by atoms with van der Waals surface area (Å²) in [6.07, 6.45) is 0. The van der Waals surface area contributed by atoms with E-state index in [0.29, 0.717) is 0 Å². The van der Waals surface area contributed by atoms with Gasteiger partial charge in [0, 0.05) is 10.8 Å². The van der Waals surface area contributed by atoms with Crippen LogP contribution in [0.5, 0.6) is 0 Å². The Hall–Kier alpha value is -1.03. The van der Waals surface area contributed by atoms with Gasteiger partial charge in [-0.2, -0.15) is 0 Å². The number of benzene rings is 2. The van der Waals surface area contributed by atoms with Crippen molar-refractivity contribution in [3.05, 3.63) is 47.5 Å². The zero-order valence-electron chi connectivity index (χ0n) is 11.8. The minimum Gasteiger partial charge on any atom is -0.282 e. The van der Waals surface area contributed by atoms with Crippen molar-refractivity contribution in [2.24, 2.45) is 0 Å². The normalized spacial score (nSPS) is 12.5. The van der Waals surface area contributed by atoms with Crippen LogP contribution >= 0.6 is 22.9 Å². The van der Waals surface area contributed by atoms with Crippen LogP contribution in [0.2, 0.25) is 0 Å². The number of hydrogen-bond acceptors (Lipinski definition) is 0. The molecule has 0 radical (unpaired) electrons. The van der Waals surface area contributed by atoms with Gasteiger partial charge in [-0.3, -0.25) is 2.78 Å². The van der Waals surface area contributed by atoms with Crippen LogP contribution in [0.1, 0.15) is 31.9 Å². The highest BCUT2D eigenvalue weighted by Crippen LogP contribution is 2.34. The molecule has 0 amide bonds. The van der Waals surface area contributed by atoms with Gasteiger partial charge in [-0.15, -0.1) is 0 Å². The lowest BCUT2D eigenvalue weighted by Crippen LogP contribution is -2.10. The van der Waals surface area contributed by atoms with Gasteiger partial charge < -0.3 is 0 Å². The predicted molar refractivity (Wildman–Crippen MR) is 92.3 cm³/mol. The molecule has 0 spiro atoms. The summed E-state index contributed by atoms with van der Waals surface area (Å²) in [5.74, 6) is 0. The van der Waals surface area contributed by atoms with Crippen molar-refractivity contribution in [1.82, 2.24) is 2.78 Å². The highest BCUT2D eigenvalue weighted by molar-refractivity contribution is 14.1. The predicted octanol–water partition coefficient (Wildman–Crippen LogP) is 5.60. The van der Waals surface area contributed by atoms with E-state index < -0.39 is 0 Å². The molecule has 0 aliphatic carbocycles. The van der Waals surface area contributed by atoms with Crippen molar-refractivity contribution < 1.29 is 0 Å². The molecule has 0 aliphatic heterocycles. The van der Waals surface area contributed by atoms with Crippen molar-refractivity contribution in [2.45, 2.75) is 33.1 Å². The second-order valence-electron chi connectivity index (χ2n) is 6.28. The van der Waals surface area contributed by atoms with E-state index in [1.54, 1.807) is 0 Å². The summed E-state index contributed by atoms with van der Waals surface area (Å²) in [6, 6.07) is 13.6. The Balaban J connectivity index is 2.43. The van der Waals surface area contributed by atoms with E-state index in [-0.39, 0.29) is 5.41 Å². The first-order valence-corrected chi connectivity index (χ1v) is 7.56. The first kappa shape index (κ1) is 13.0. The van der Waals surface area contributed by atoms with Crippen LogP contribution in [0.15, 0.2) is 36.4 Å². The molecule has 3 rings (SSSR count). The number of aromatic nitrogens is 1. The van der Waals surface area contributed by atoms with E-state index in [9.17, 15) is 0 Å². The van der Waals surface area contributed by atoms with Gasteiger partial charge in [-0.1, -0.05) is 39.0 Å². The fourth-order valence-electron chi connectivity index (χ4n) is 2.55. The molecule has 0 saturated carbocycles. The fourth-order valence-corrected chi connectivity index (χ4v) is 3.37. The Labute approximate surface area is 128 Å². The maximum absolute atomic E-state index is 2.40. The number of rotatable bonds is 0. The molecule has 2 heteroatoms. The largest absolute Gasteiger partial charge is 0.282 e. The van der Waals surface area contributed by atoms with Gasteiger partial charge in [0.2, 0.25) is 0 Å². The maximum atomic E-state index is 2.40. The highest BCUT2D eigenvalue weighted by Gasteiger charge is 2.16. The summed E-state index contributed by atoms with van der Waals surface area (Å²) in [6.45, 7) is 8.94. The van der Waals surface area contributed by atoms with E-state index in [1.807, 2.05) is 0 Å². The van der Waals surface area contributed by atoms with Gasteiger partial charge in [0.1, 0.15) is 0 Å². The van der Waals surface area contributed by atoms with E-state index in [4.69, 9.17) is 0 Å². The molecule has 0 N–H and O–H groups in total. The molecule has 0 aliphatic rings. The quantitative estimate of drug-likeness (QED) is 0.458. The third-order valence-electron chi connectivity index (χ3n) is 3.73. The van der Waals surface area contributed by atoms with Crippen molar-refractivity contribution in [2.75, 3.05) is 0 Å². The zero-order chi connectivity index (χ0) is 13.8. The molecule has 2 aromatic carbocycles. The standard InChI is InChI=1S/C17H18IN/c1-11-5-7-13-14-10-12(17(2,3)4)6-8-15(14)19(18)16(13)9-11/h5-10H,1-4H3. The molecular formula is C17H18IN. The van der Waals surface area contributed by atoms with Crippen LogP contribution in [0.25, 0.3) is 21.8 Å². The summed E-state index contributed by atoms with van der Waals surface area (Å²) in [7, 11) is 0. The zero-order valence-corrected chi connectivity index (χ0v) is 13.9. The molecule has 1 heterocycles. The van der Waals surface area contributed by atoms with E-state index >= 15 is 0 Å². The monoisotopic (exact) mass is 363 g/mol.